The van der Waals surface area contributed by atoms with E-state index >= 15 is 0 Å². The summed E-state index contributed by atoms with van der Waals surface area (Å²) in [5.74, 6) is 0.773. The maximum absolute atomic E-state index is 9.17. The third-order valence-corrected chi connectivity index (χ3v) is 3.63. The van der Waals surface area contributed by atoms with E-state index < -0.39 is 0 Å². The van der Waals surface area contributed by atoms with E-state index in [1.807, 2.05) is 48.5 Å². The molecule has 1 heterocycles. The van der Waals surface area contributed by atoms with Crippen LogP contribution in [0.5, 0.6) is 5.75 Å². The monoisotopic (exact) mass is 304 g/mol. The fourth-order valence-electron chi connectivity index (χ4n) is 2.37. The fraction of sp³-hybridized carbons (Fsp3) is 0.111. The average Bonchev–Trinajstić information content (AvgIpc) is 3.06. The topological polar surface area (TPSA) is 76.9 Å². The molecule has 0 aliphatic heterocycles. The first-order valence-corrected chi connectivity index (χ1v) is 7.19. The van der Waals surface area contributed by atoms with Crippen LogP contribution in [-0.2, 0) is 6.54 Å². The summed E-state index contributed by atoms with van der Waals surface area (Å²) >= 11 is 0. The predicted molar refractivity (Wildman–Crippen MR) is 88.2 cm³/mol. The molecule has 2 N–H and O–H groups in total. The van der Waals surface area contributed by atoms with Gasteiger partial charge >= 0.3 is 0 Å². The molecule has 0 aliphatic rings. The second-order valence-corrected chi connectivity index (χ2v) is 5.04. The molecule has 0 fully saturated rings. The Morgan fingerprint density at radius 1 is 1.13 bits per heavy atom. The predicted octanol–water partition coefficient (Wildman–Crippen LogP) is 2.88. The van der Waals surface area contributed by atoms with Crippen LogP contribution in [0.2, 0.25) is 0 Å². The minimum atomic E-state index is 0.374. The van der Waals surface area contributed by atoms with Gasteiger partial charge in [0.15, 0.2) is 5.69 Å². The van der Waals surface area contributed by atoms with Crippen LogP contribution in [0.25, 0.3) is 16.9 Å². The number of nitriles is 1. The summed E-state index contributed by atoms with van der Waals surface area (Å²) in [6.07, 6.45) is 0. The zero-order valence-corrected chi connectivity index (χ0v) is 12.7. The van der Waals surface area contributed by atoms with Crippen molar-refractivity contribution in [3.05, 3.63) is 65.9 Å². The molecule has 0 saturated heterocycles. The zero-order chi connectivity index (χ0) is 16.2. The first kappa shape index (κ1) is 14.8. The first-order valence-electron chi connectivity index (χ1n) is 7.19. The molecule has 114 valence electrons. The van der Waals surface area contributed by atoms with Crippen LogP contribution in [0.1, 0.15) is 11.3 Å². The molecule has 0 unspecified atom stereocenters. The minimum absolute atomic E-state index is 0.374. The summed E-state index contributed by atoms with van der Waals surface area (Å²) in [7, 11) is 1.63. The average molecular weight is 304 g/mol. The second-order valence-electron chi connectivity index (χ2n) is 5.04. The van der Waals surface area contributed by atoms with Gasteiger partial charge in [-0.15, -0.1) is 0 Å². The Kier molecular flexibility index (Phi) is 4.09. The molecule has 0 aliphatic carbocycles. The standard InChI is InChI=1S/C18H16N4O/c1-23-17-8-6-16(7-9-17)22-18(10-15(12-20)21-22)14-4-2-13(11-19)3-5-14/h2-10H,11,19H2,1H3. The van der Waals surface area contributed by atoms with E-state index in [1.165, 1.54) is 0 Å². The van der Waals surface area contributed by atoms with Crippen molar-refractivity contribution in [2.75, 3.05) is 7.11 Å². The van der Waals surface area contributed by atoms with Crippen molar-refractivity contribution in [3.8, 4) is 28.8 Å². The molecular weight excluding hydrogens is 288 g/mol. The maximum atomic E-state index is 9.17. The molecule has 0 amide bonds. The number of hydrogen-bond acceptors (Lipinski definition) is 4. The summed E-state index contributed by atoms with van der Waals surface area (Å²) in [5, 5.41) is 13.5. The van der Waals surface area contributed by atoms with Gasteiger partial charge in [0.25, 0.3) is 0 Å². The highest BCUT2D eigenvalue weighted by molar-refractivity contribution is 5.64. The van der Waals surface area contributed by atoms with Gasteiger partial charge in [-0.1, -0.05) is 24.3 Å². The lowest BCUT2D eigenvalue weighted by Gasteiger charge is -2.09. The van der Waals surface area contributed by atoms with Crippen molar-refractivity contribution in [1.82, 2.24) is 9.78 Å². The SMILES string of the molecule is COc1ccc(-n2nc(C#N)cc2-c2ccc(CN)cc2)cc1. The number of benzene rings is 2. The van der Waals surface area contributed by atoms with Gasteiger partial charge < -0.3 is 10.5 Å². The quantitative estimate of drug-likeness (QED) is 0.804. The Bertz CT molecular complexity index is 777. The maximum Gasteiger partial charge on any atom is 0.163 e. The van der Waals surface area contributed by atoms with E-state index in [1.54, 1.807) is 17.9 Å². The van der Waals surface area contributed by atoms with Crippen molar-refractivity contribution in [2.24, 2.45) is 5.73 Å². The Balaban J connectivity index is 2.08. The van der Waals surface area contributed by atoms with Crippen LogP contribution in [0, 0.1) is 11.3 Å². The largest absolute Gasteiger partial charge is 0.497 e. The van der Waals surface area contributed by atoms with Gasteiger partial charge in [0.1, 0.15) is 11.8 Å². The van der Waals surface area contributed by atoms with E-state index in [0.29, 0.717) is 12.2 Å². The van der Waals surface area contributed by atoms with Gasteiger partial charge in [0.2, 0.25) is 0 Å². The number of aromatic nitrogens is 2. The highest BCUT2D eigenvalue weighted by Gasteiger charge is 2.11. The Hall–Kier alpha value is -3.10. The molecule has 5 nitrogen and oxygen atoms in total. The normalized spacial score (nSPS) is 10.3. The highest BCUT2D eigenvalue weighted by atomic mass is 16.5. The lowest BCUT2D eigenvalue weighted by molar-refractivity contribution is 0.414. The molecule has 5 heteroatoms. The molecule has 0 atom stereocenters. The number of nitrogens with two attached hydrogens (primary N) is 1. The number of nitrogens with zero attached hydrogens (tertiary/aromatic N) is 3. The Labute approximate surface area is 134 Å². The van der Waals surface area contributed by atoms with Gasteiger partial charge in [0.05, 0.1) is 18.5 Å². The van der Waals surface area contributed by atoms with Crippen molar-refractivity contribution < 1.29 is 4.74 Å². The van der Waals surface area contributed by atoms with Crippen molar-refractivity contribution in [1.29, 1.82) is 5.26 Å². The number of hydrogen-bond donors (Lipinski definition) is 1. The molecular formula is C18H16N4O. The van der Waals surface area contributed by atoms with Gasteiger partial charge in [-0.05, 0) is 29.8 Å². The van der Waals surface area contributed by atoms with Crippen LogP contribution >= 0.6 is 0 Å². The van der Waals surface area contributed by atoms with Crippen molar-refractivity contribution >= 4 is 0 Å². The molecule has 3 rings (SSSR count). The lowest BCUT2D eigenvalue weighted by atomic mass is 10.1. The van der Waals surface area contributed by atoms with Crippen LogP contribution in [-0.4, -0.2) is 16.9 Å². The smallest absolute Gasteiger partial charge is 0.163 e. The zero-order valence-electron chi connectivity index (χ0n) is 12.7. The Morgan fingerprint density at radius 2 is 1.83 bits per heavy atom. The van der Waals surface area contributed by atoms with Gasteiger partial charge in [0, 0.05) is 18.2 Å². The van der Waals surface area contributed by atoms with E-state index in [0.717, 1.165) is 28.3 Å². The van der Waals surface area contributed by atoms with Crippen LogP contribution < -0.4 is 10.5 Å². The van der Waals surface area contributed by atoms with E-state index in [2.05, 4.69) is 11.2 Å². The van der Waals surface area contributed by atoms with Crippen LogP contribution in [0.15, 0.2) is 54.6 Å². The van der Waals surface area contributed by atoms with Crippen LogP contribution in [0.4, 0.5) is 0 Å². The summed E-state index contributed by atoms with van der Waals surface area (Å²) in [5.41, 5.74) is 9.78. The highest BCUT2D eigenvalue weighted by Crippen LogP contribution is 2.25. The molecule has 23 heavy (non-hydrogen) atoms. The molecule has 0 radical (unpaired) electrons. The number of ether oxygens (including phenoxy) is 1. The Morgan fingerprint density at radius 3 is 2.39 bits per heavy atom. The van der Waals surface area contributed by atoms with Crippen molar-refractivity contribution in [3.63, 3.8) is 0 Å². The molecule has 3 aromatic rings. The van der Waals surface area contributed by atoms with E-state index in [9.17, 15) is 5.26 Å². The molecule has 0 saturated carbocycles. The third-order valence-electron chi connectivity index (χ3n) is 3.63. The van der Waals surface area contributed by atoms with Crippen molar-refractivity contribution in [2.45, 2.75) is 6.54 Å². The number of rotatable bonds is 4. The number of methoxy groups -OCH3 is 1. The van der Waals surface area contributed by atoms with Crippen LogP contribution in [0.3, 0.4) is 0 Å². The van der Waals surface area contributed by atoms with Gasteiger partial charge in [-0.2, -0.15) is 10.4 Å². The van der Waals surface area contributed by atoms with Gasteiger partial charge in [-0.25, -0.2) is 4.68 Å². The lowest BCUT2D eigenvalue weighted by Crippen LogP contribution is -2.00. The summed E-state index contributed by atoms with van der Waals surface area (Å²) in [6, 6.07) is 19.4. The fourth-order valence-corrected chi connectivity index (χ4v) is 2.37. The van der Waals surface area contributed by atoms with Gasteiger partial charge in [-0.3, -0.25) is 0 Å². The molecule has 2 aromatic carbocycles. The molecule has 1 aromatic heterocycles. The van der Waals surface area contributed by atoms with E-state index in [4.69, 9.17) is 10.5 Å². The third kappa shape index (κ3) is 2.93. The molecule has 0 spiro atoms. The second kappa shape index (κ2) is 6.34. The molecule has 0 bridgehead atoms. The summed E-state index contributed by atoms with van der Waals surface area (Å²) in [6.45, 7) is 0.501. The summed E-state index contributed by atoms with van der Waals surface area (Å²) < 4.78 is 6.94. The minimum Gasteiger partial charge on any atom is -0.497 e. The first-order chi connectivity index (χ1) is 11.2. The van der Waals surface area contributed by atoms with E-state index in [-0.39, 0.29) is 0 Å². The summed E-state index contributed by atoms with van der Waals surface area (Å²) in [4.78, 5) is 0.